The maximum absolute atomic E-state index is 11.7. The van der Waals surface area contributed by atoms with E-state index >= 15 is 0 Å². The van der Waals surface area contributed by atoms with Crippen LogP contribution in [0.4, 0.5) is 4.79 Å². The normalized spacial score (nSPS) is 17.2. The summed E-state index contributed by atoms with van der Waals surface area (Å²) >= 11 is 0. The number of hydrogen-bond donors (Lipinski definition) is 2. The maximum atomic E-state index is 11.7. The molecule has 0 spiro atoms. The summed E-state index contributed by atoms with van der Waals surface area (Å²) in [6.45, 7) is 0. The van der Waals surface area contributed by atoms with Gasteiger partial charge < -0.3 is 14.9 Å². The van der Waals surface area contributed by atoms with Crippen LogP contribution in [-0.2, 0) is 14.3 Å². The van der Waals surface area contributed by atoms with Crippen LogP contribution in [0.5, 0.6) is 0 Å². The van der Waals surface area contributed by atoms with E-state index in [2.05, 4.69) is 37.0 Å². The van der Waals surface area contributed by atoms with E-state index < -0.39 is 18.1 Å². The molecule has 126 valence electrons. The Labute approximate surface area is 139 Å². The molecule has 1 aliphatic heterocycles. The summed E-state index contributed by atoms with van der Waals surface area (Å²) in [7, 11) is 4.33. The van der Waals surface area contributed by atoms with Crippen molar-refractivity contribution < 1.29 is 19.1 Å². The van der Waals surface area contributed by atoms with Crippen LogP contribution in [-0.4, -0.2) is 49.4 Å². The van der Waals surface area contributed by atoms with Gasteiger partial charge in [0.1, 0.15) is 0 Å². The van der Waals surface area contributed by atoms with Crippen LogP contribution in [0.2, 0.25) is 0 Å². The molecule has 8 heteroatoms. The van der Waals surface area contributed by atoms with Gasteiger partial charge in [0, 0.05) is 31.2 Å². The summed E-state index contributed by atoms with van der Waals surface area (Å²) in [4.78, 5) is 27.1. The molecule has 2 N–H and O–H groups in total. The Morgan fingerprint density at radius 1 is 1.38 bits per heavy atom. The molecule has 2 heterocycles. The minimum Gasteiger partial charge on any atom is -0.467 e. The predicted molar refractivity (Wildman–Crippen MR) is 85.2 cm³/mol. The van der Waals surface area contributed by atoms with Gasteiger partial charge in [0.25, 0.3) is 0 Å². The zero-order valence-electron chi connectivity index (χ0n) is 13.6. The number of hydrogen-bond acceptors (Lipinski definition) is 7. The molecule has 0 saturated carbocycles. The number of esters is 1. The van der Waals surface area contributed by atoms with E-state index in [9.17, 15) is 9.59 Å². The zero-order valence-corrected chi connectivity index (χ0v) is 13.6. The molecule has 2 atom stereocenters. The molecule has 0 aromatic carbocycles. The summed E-state index contributed by atoms with van der Waals surface area (Å²) in [5.74, 6) is 4.80. The number of carbonyl (C=O) groups excluding carboxylic acids is 2. The molecule has 1 aliphatic rings. The molecule has 1 amide bonds. The number of nitrogens with one attached hydrogen (secondary N) is 2. The molecule has 0 bridgehead atoms. The highest BCUT2D eigenvalue weighted by atomic mass is 16.5. The lowest BCUT2D eigenvalue weighted by Crippen LogP contribution is -2.40. The average molecular weight is 330 g/mol. The van der Waals surface area contributed by atoms with Crippen molar-refractivity contribution in [3.63, 3.8) is 0 Å². The quantitative estimate of drug-likeness (QED) is 0.609. The van der Waals surface area contributed by atoms with Crippen molar-refractivity contribution >= 4 is 12.1 Å². The topological polar surface area (TPSA) is 92.8 Å². The van der Waals surface area contributed by atoms with Gasteiger partial charge >= 0.3 is 12.1 Å². The van der Waals surface area contributed by atoms with Gasteiger partial charge in [-0.3, -0.25) is 10.3 Å². The average Bonchev–Trinajstić information content (AvgIpc) is 3.03. The van der Waals surface area contributed by atoms with E-state index in [1.165, 1.54) is 14.2 Å². The van der Waals surface area contributed by atoms with Crippen LogP contribution in [0.25, 0.3) is 0 Å². The van der Waals surface area contributed by atoms with Gasteiger partial charge in [-0.05, 0) is 17.7 Å². The second kappa shape index (κ2) is 7.99. The number of carbonyl (C=O) groups is 2. The van der Waals surface area contributed by atoms with Crippen molar-refractivity contribution in [3.8, 4) is 11.8 Å². The minimum atomic E-state index is -1.12. The summed E-state index contributed by atoms with van der Waals surface area (Å²) in [5.41, 5.74) is 4.61. The largest absolute Gasteiger partial charge is 0.467 e. The molecule has 0 saturated heterocycles. The zero-order chi connectivity index (χ0) is 17.5. The van der Waals surface area contributed by atoms with E-state index in [4.69, 9.17) is 0 Å². The fourth-order valence-corrected chi connectivity index (χ4v) is 2.09. The Kier molecular flexibility index (Phi) is 5.76. The van der Waals surface area contributed by atoms with Gasteiger partial charge in [0.2, 0.25) is 0 Å². The fourth-order valence-electron chi connectivity index (χ4n) is 2.09. The van der Waals surface area contributed by atoms with Gasteiger partial charge in [-0.1, -0.05) is 11.8 Å². The Bertz CT molecular complexity index is 708. The van der Waals surface area contributed by atoms with Crippen molar-refractivity contribution in [2.45, 2.75) is 12.1 Å². The summed E-state index contributed by atoms with van der Waals surface area (Å²) in [6.07, 6.45) is 6.39. The lowest BCUT2D eigenvalue weighted by atomic mass is 10.1. The van der Waals surface area contributed by atoms with E-state index in [0.29, 0.717) is 5.56 Å². The summed E-state index contributed by atoms with van der Waals surface area (Å²) in [5, 5.41) is 4.23. The molecule has 0 aliphatic carbocycles. The van der Waals surface area contributed by atoms with Gasteiger partial charge in [-0.2, -0.15) is 0 Å². The van der Waals surface area contributed by atoms with Crippen molar-refractivity contribution in [2.24, 2.45) is 0 Å². The molecule has 2 unspecified atom stereocenters. The number of methoxy groups -OCH3 is 2. The second-order valence-electron chi connectivity index (χ2n) is 4.91. The Balaban J connectivity index is 2.19. The first-order valence-corrected chi connectivity index (χ1v) is 7.09. The Morgan fingerprint density at radius 3 is 2.79 bits per heavy atom. The monoisotopic (exact) mass is 330 g/mol. The summed E-state index contributed by atoms with van der Waals surface area (Å²) in [6, 6.07) is 0.788. The standard InChI is InChI=1S/C16H18N4O4/c1-20-14(6-7-18-20)12-8-11(9-17-10-12)4-5-13(15(21)23-2)19-16(22)24-3/h6-10,13-14,18H,1-3H3,(H,19,22). The number of ether oxygens (including phenoxy) is 2. The first kappa shape index (κ1) is 17.3. The maximum Gasteiger partial charge on any atom is 0.408 e. The van der Waals surface area contributed by atoms with Gasteiger partial charge in [0.15, 0.2) is 6.04 Å². The van der Waals surface area contributed by atoms with Crippen molar-refractivity contribution in [3.05, 3.63) is 41.9 Å². The van der Waals surface area contributed by atoms with E-state index in [-0.39, 0.29) is 6.04 Å². The van der Waals surface area contributed by atoms with Crippen LogP contribution >= 0.6 is 0 Å². The van der Waals surface area contributed by atoms with E-state index in [0.717, 1.165) is 5.56 Å². The number of alkyl carbamates (subject to hydrolysis) is 1. The SMILES string of the molecule is COC(=O)NC(C#Cc1cncc(C2C=CNN2C)c1)C(=O)OC. The van der Waals surface area contributed by atoms with Crippen LogP contribution in [0.3, 0.4) is 0 Å². The summed E-state index contributed by atoms with van der Waals surface area (Å²) < 4.78 is 9.08. The molecular formula is C16H18N4O4. The number of nitrogens with zero attached hydrogens (tertiary/aromatic N) is 2. The predicted octanol–water partition coefficient (Wildman–Crippen LogP) is 0.335. The van der Waals surface area contributed by atoms with E-state index in [1.54, 1.807) is 12.4 Å². The first-order valence-electron chi connectivity index (χ1n) is 7.09. The number of pyridine rings is 1. The smallest absolute Gasteiger partial charge is 0.408 e. The lowest BCUT2D eigenvalue weighted by molar-refractivity contribution is -0.141. The number of hydrazine groups is 1. The van der Waals surface area contributed by atoms with Crippen LogP contribution in [0.1, 0.15) is 17.2 Å². The highest BCUT2D eigenvalue weighted by Gasteiger charge is 2.20. The minimum absolute atomic E-state index is 0.0452. The molecular weight excluding hydrogens is 312 g/mol. The molecule has 8 nitrogen and oxygen atoms in total. The van der Waals surface area contributed by atoms with E-state index in [1.807, 2.05) is 30.4 Å². The van der Waals surface area contributed by atoms with Crippen LogP contribution < -0.4 is 10.7 Å². The molecule has 0 radical (unpaired) electrons. The second-order valence-corrected chi connectivity index (χ2v) is 4.91. The van der Waals surface area contributed by atoms with Crippen LogP contribution in [0, 0.1) is 11.8 Å². The number of rotatable bonds is 3. The number of likely N-dealkylation sites (N-methyl/N-ethyl adjacent to an activating group) is 1. The van der Waals surface area contributed by atoms with Gasteiger partial charge in [0.05, 0.1) is 20.3 Å². The molecule has 0 fully saturated rings. The third-order valence-electron chi connectivity index (χ3n) is 3.32. The Hall–Kier alpha value is -3.05. The first-order chi connectivity index (χ1) is 11.5. The highest BCUT2D eigenvalue weighted by molar-refractivity contribution is 5.84. The fraction of sp³-hybridized carbons (Fsp3) is 0.312. The highest BCUT2D eigenvalue weighted by Crippen LogP contribution is 2.22. The molecule has 2 rings (SSSR count). The van der Waals surface area contributed by atoms with Gasteiger partial charge in [-0.15, -0.1) is 0 Å². The lowest BCUT2D eigenvalue weighted by Gasteiger charge is -2.19. The van der Waals surface area contributed by atoms with Crippen molar-refractivity contribution in [2.75, 3.05) is 21.3 Å². The van der Waals surface area contributed by atoms with Crippen molar-refractivity contribution in [1.29, 1.82) is 0 Å². The number of amides is 1. The van der Waals surface area contributed by atoms with Gasteiger partial charge in [-0.25, -0.2) is 14.6 Å². The molecule has 24 heavy (non-hydrogen) atoms. The molecule has 1 aromatic rings. The van der Waals surface area contributed by atoms with Crippen molar-refractivity contribution in [1.82, 2.24) is 20.7 Å². The van der Waals surface area contributed by atoms with Crippen LogP contribution in [0.15, 0.2) is 30.7 Å². The number of aromatic nitrogens is 1. The third kappa shape index (κ3) is 4.24. The molecule has 1 aromatic heterocycles. The Morgan fingerprint density at radius 2 is 2.17 bits per heavy atom. The third-order valence-corrected chi connectivity index (χ3v) is 3.32.